The number of nitrogen functional groups attached to an aromatic ring is 1. The molecule has 1 aromatic carbocycles. The average molecular weight is 542 g/mol. The lowest BCUT2D eigenvalue weighted by atomic mass is 10.0. The first-order chi connectivity index (χ1) is 19.6. The third-order valence-electron chi connectivity index (χ3n) is 7.28. The van der Waals surface area contributed by atoms with Crippen molar-refractivity contribution in [2.45, 2.75) is 0 Å². The van der Waals surface area contributed by atoms with Gasteiger partial charge in [-0.05, 0) is 23.8 Å². The van der Waals surface area contributed by atoms with Gasteiger partial charge in [0.25, 0.3) is 5.91 Å². The summed E-state index contributed by atoms with van der Waals surface area (Å²) in [6.07, 6.45) is 5.03. The van der Waals surface area contributed by atoms with Crippen molar-refractivity contribution >= 4 is 28.7 Å². The fourth-order valence-electron chi connectivity index (χ4n) is 5.07. The second kappa shape index (κ2) is 11.5. The summed E-state index contributed by atoms with van der Waals surface area (Å²) in [7, 11) is 0. The van der Waals surface area contributed by atoms with Crippen LogP contribution in [0.2, 0.25) is 0 Å². The second-order valence-corrected chi connectivity index (χ2v) is 9.83. The molecule has 0 atom stereocenters. The molecule has 0 saturated carbocycles. The van der Waals surface area contributed by atoms with Gasteiger partial charge >= 0.3 is 0 Å². The number of piperazine rings is 1. The van der Waals surface area contributed by atoms with E-state index in [1.807, 2.05) is 35.2 Å². The number of rotatable bonds is 6. The molecule has 0 bridgehead atoms. The third kappa shape index (κ3) is 5.41. The van der Waals surface area contributed by atoms with Crippen molar-refractivity contribution in [3.63, 3.8) is 0 Å². The summed E-state index contributed by atoms with van der Waals surface area (Å²) in [6.45, 7) is 6.18. The highest BCUT2D eigenvalue weighted by Gasteiger charge is 2.23. The zero-order valence-electron chi connectivity index (χ0n) is 22.1. The molecule has 2 aliphatic rings. The average Bonchev–Trinajstić information content (AvgIpc) is 3.01. The van der Waals surface area contributed by atoms with Gasteiger partial charge in [0.1, 0.15) is 5.52 Å². The van der Waals surface area contributed by atoms with Gasteiger partial charge in [-0.2, -0.15) is 0 Å². The van der Waals surface area contributed by atoms with Gasteiger partial charge < -0.3 is 25.4 Å². The Kier molecular flexibility index (Phi) is 7.45. The molecule has 3 aromatic heterocycles. The van der Waals surface area contributed by atoms with E-state index in [-0.39, 0.29) is 18.5 Å². The Hall–Kier alpha value is -4.26. The number of pyridine rings is 1. The van der Waals surface area contributed by atoms with E-state index in [9.17, 15) is 9.90 Å². The quantitative estimate of drug-likeness (QED) is 0.364. The minimum Gasteiger partial charge on any atom is -0.395 e. The Bertz CT molecular complexity index is 1500. The molecule has 5 heterocycles. The third-order valence-corrected chi connectivity index (χ3v) is 7.28. The highest BCUT2D eigenvalue weighted by molar-refractivity contribution is 5.96. The predicted octanol–water partition coefficient (Wildman–Crippen LogP) is 1.32. The number of carbonyl (C=O) groups is 1. The molecule has 0 spiro atoms. The van der Waals surface area contributed by atoms with Crippen LogP contribution < -0.4 is 10.6 Å². The van der Waals surface area contributed by atoms with Gasteiger partial charge in [0.15, 0.2) is 11.6 Å². The van der Waals surface area contributed by atoms with Gasteiger partial charge in [-0.1, -0.05) is 12.1 Å². The summed E-state index contributed by atoms with van der Waals surface area (Å²) in [6, 6.07) is 9.60. The number of nitrogens with two attached hydrogens (primary N) is 1. The van der Waals surface area contributed by atoms with Gasteiger partial charge in [-0.3, -0.25) is 14.7 Å². The maximum Gasteiger partial charge on any atom is 0.253 e. The van der Waals surface area contributed by atoms with Crippen LogP contribution in [0.1, 0.15) is 10.4 Å². The second-order valence-electron chi connectivity index (χ2n) is 9.83. The molecule has 2 saturated heterocycles. The molecule has 4 aromatic rings. The number of aliphatic hydroxyl groups is 1. The Labute approximate surface area is 231 Å². The van der Waals surface area contributed by atoms with Gasteiger partial charge in [-0.15, -0.1) is 0 Å². The molecule has 0 radical (unpaired) electrons. The summed E-state index contributed by atoms with van der Waals surface area (Å²) in [5.41, 5.74) is 10.1. The van der Waals surface area contributed by atoms with E-state index in [0.717, 1.165) is 30.0 Å². The first-order valence-electron chi connectivity index (χ1n) is 13.4. The fourth-order valence-corrected chi connectivity index (χ4v) is 5.07. The van der Waals surface area contributed by atoms with Crippen LogP contribution in [-0.4, -0.2) is 111 Å². The van der Waals surface area contributed by atoms with Gasteiger partial charge in [0, 0.05) is 75.5 Å². The molecule has 6 rings (SSSR count). The number of benzene rings is 1. The van der Waals surface area contributed by atoms with E-state index in [1.54, 1.807) is 18.6 Å². The number of ether oxygens (including phenoxy) is 1. The molecule has 3 N–H and O–H groups in total. The Balaban J connectivity index is 1.34. The highest BCUT2D eigenvalue weighted by atomic mass is 16.5. The van der Waals surface area contributed by atoms with Crippen LogP contribution in [0.3, 0.4) is 0 Å². The van der Waals surface area contributed by atoms with Crippen molar-refractivity contribution in [2.75, 3.05) is 76.3 Å². The summed E-state index contributed by atoms with van der Waals surface area (Å²) < 4.78 is 5.55. The Morgan fingerprint density at radius 3 is 2.40 bits per heavy atom. The minimum atomic E-state index is 0.00168. The standard InChI is InChI=1S/C28H31N9O3/c29-28-31-17-22(18-32-28)25-33-23-15-21(16-30-24(23)26(34-25)36-9-12-40-13-10-36)19-2-1-3-20(14-19)27(39)37-6-4-35(5-7-37)8-11-38/h1-3,14-18,38H,4-13H2,(H2,29,31,32). The smallest absolute Gasteiger partial charge is 0.253 e. The minimum absolute atomic E-state index is 0.00168. The molecule has 1 amide bonds. The lowest BCUT2D eigenvalue weighted by Crippen LogP contribution is -2.49. The van der Waals surface area contributed by atoms with Crippen molar-refractivity contribution in [3.05, 3.63) is 54.5 Å². The Morgan fingerprint density at radius 2 is 1.65 bits per heavy atom. The van der Waals surface area contributed by atoms with Crippen LogP contribution >= 0.6 is 0 Å². The SMILES string of the molecule is Nc1ncc(-c2nc(N3CCOCC3)c3ncc(-c4cccc(C(=O)N5CCN(CCO)CC5)c4)cc3n2)cn1. The number of hydrogen-bond acceptors (Lipinski definition) is 11. The first-order valence-corrected chi connectivity index (χ1v) is 13.4. The Morgan fingerprint density at radius 1 is 0.900 bits per heavy atom. The zero-order chi connectivity index (χ0) is 27.5. The molecule has 206 valence electrons. The number of nitrogens with zero attached hydrogens (tertiary/aromatic N) is 8. The molecule has 40 heavy (non-hydrogen) atoms. The fraction of sp³-hybridized carbons (Fsp3) is 0.357. The number of aromatic nitrogens is 5. The molecule has 12 heteroatoms. The van der Waals surface area contributed by atoms with Crippen LogP contribution in [0.5, 0.6) is 0 Å². The van der Waals surface area contributed by atoms with Crippen LogP contribution in [0.4, 0.5) is 11.8 Å². The van der Waals surface area contributed by atoms with Gasteiger partial charge in [0.2, 0.25) is 5.95 Å². The largest absolute Gasteiger partial charge is 0.395 e. The van der Waals surface area contributed by atoms with Crippen molar-refractivity contribution in [1.29, 1.82) is 0 Å². The van der Waals surface area contributed by atoms with Crippen molar-refractivity contribution < 1.29 is 14.6 Å². The van der Waals surface area contributed by atoms with Crippen LogP contribution in [0.25, 0.3) is 33.5 Å². The summed E-state index contributed by atoms with van der Waals surface area (Å²) >= 11 is 0. The number of fused-ring (bicyclic) bond motifs is 1. The highest BCUT2D eigenvalue weighted by Crippen LogP contribution is 2.30. The summed E-state index contributed by atoms with van der Waals surface area (Å²) in [5.74, 6) is 1.40. The molecule has 2 aliphatic heterocycles. The molecular weight excluding hydrogens is 510 g/mol. The molecule has 0 aliphatic carbocycles. The van der Waals surface area contributed by atoms with Crippen molar-refractivity contribution in [3.8, 4) is 22.5 Å². The van der Waals surface area contributed by atoms with Crippen molar-refractivity contribution in [2.24, 2.45) is 0 Å². The van der Waals surface area contributed by atoms with Crippen LogP contribution in [-0.2, 0) is 4.74 Å². The topological polar surface area (TPSA) is 147 Å². The molecular formula is C28H31N9O3. The van der Waals surface area contributed by atoms with E-state index >= 15 is 0 Å². The van der Waals surface area contributed by atoms with Gasteiger partial charge in [-0.25, -0.2) is 19.9 Å². The maximum absolute atomic E-state index is 13.3. The number of anilines is 2. The lowest BCUT2D eigenvalue weighted by Gasteiger charge is -2.34. The van der Waals surface area contributed by atoms with Gasteiger partial charge in [0.05, 0.1) is 30.9 Å². The predicted molar refractivity (Wildman–Crippen MR) is 151 cm³/mol. The molecule has 2 fully saturated rings. The van der Waals surface area contributed by atoms with Crippen LogP contribution in [0, 0.1) is 0 Å². The normalized spacial score (nSPS) is 16.4. The number of β-amino-alcohol motifs (C(OH)–C–C–N with tert-alkyl or cyclic N) is 1. The maximum atomic E-state index is 13.3. The number of amides is 1. The van der Waals surface area contributed by atoms with E-state index in [0.29, 0.717) is 73.9 Å². The molecule has 12 nitrogen and oxygen atoms in total. The van der Waals surface area contributed by atoms with E-state index in [1.165, 1.54) is 0 Å². The lowest BCUT2D eigenvalue weighted by molar-refractivity contribution is 0.0615. The van der Waals surface area contributed by atoms with Crippen LogP contribution in [0.15, 0.2) is 48.9 Å². The summed E-state index contributed by atoms with van der Waals surface area (Å²) in [5, 5.41) is 9.19. The number of morpholine rings is 1. The number of hydrogen-bond donors (Lipinski definition) is 2. The number of carbonyl (C=O) groups excluding carboxylic acids is 1. The van der Waals surface area contributed by atoms with E-state index < -0.39 is 0 Å². The monoisotopic (exact) mass is 541 g/mol. The summed E-state index contributed by atoms with van der Waals surface area (Å²) in [4.78, 5) is 42.2. The van der Waals surface area contributed by atoms with E-state index in [2.05, 4.69) is 19.8 Å². The number of aliphatic hydroxyl groups excluding tert-OH is 1. The zero-order valence-corrected chi connectivity index (χ0v) is 22.1. The van der Waals surface area contributed by atoms with E-state index in [4.69, 9.17) is 25.4 Å². The first kappa shape index (κ1) is 26.0. The van der Waals surface area contributed by atoms with Crippen molar-refractivity contribution in [1.82, 2.24) is 34.7 Å². The molecule has 0 unspecified atom stereocenters.